The lowest BCUT2D eigenvalue weighted by molar-refractivity contribution is 0.0959. The van der Waals surface area contributed by atoms with Crippen LogP contribution in [0.5, 0.6) is 0 Å². The van der Waals surface area contributed by atoms with Gasteiger partial charge in [0.2, 0.25) is 5.95 Å². The van der Waals surface area contributed by atoms with E-state index in [1.54, 1.807) is 6.26 Å². The van der Waals surface area contributed by atoms with Gasteiger partial charge in [0.1, 0.15) is 17.4 Å². The largest absolute Gasteiger partial charge is 0.469 e. The van der Waals surface area contributed by atoms with Crippen molar-refractivity contribution >= 4 is 40.7 Å². The first-order chi connectivity index (χ1) is 17.6. The second kappa shape index (κ2) is 9.62. The summed E-state index contributed by atoms with van der Waals surface area (Å²) in [5.41, 5.74) is 2.12. The molecule has 36 heavy (non-hydrogen) atoms. The highest BCUT2D eigenvalue weighted by Gasteiger charge is 2.33. The molecule has 4 heterocycles. The number of hydrogen-bond acceptors (Lipinski definition) is 8. The first-order valence-corrected chi connectivity index (χ1v) is 12.4. The van der Waals surface area contributed by atoms with Gasteiger partial charge in [-0.05, 0) is 48.5 Å². The normalized spacial score (nSPS) is 17.7. The first-order valence-electron chi connectivity index (χ1n) is 12.0. The molecule has 0 saturated carbocycles. The number of halogens is 1. The Morgan fingerprint density at radius 3 is 2.44 bits per heavy atom. The Balaban J connectivity index is 1.32. The topological polar surface area (TPSA) is 87.4 Å². The molecular formula is C27H25ClN6O2. The van der Waals surface area contributed by atoms with Gasteiger partial charge in [-0.2, -0.15) is 4.98 Å². The van der Waals surface area contributed by atoms with Crippen LogP contribution in [0.1, 0.15) is 34.2 Å². The van der Waals surface area contributed by atoms with E-state index in [1.165, 1.54) is 0 Å². The molecule has 1 N–H and O–H groups in total. The molecule has 1 saturated heterocycles. The van der Waals surface area contributed by atoms with Crippen molar-refractivity contribution in [3.05, 3.63) is 89.1 Å². The van der Waals surface area contributed by atoms with Crippen LogP contribution in [-0.4, -0.2) is 46.9 Å². The zero-order valence-electron chi connectivity index (χ0n) is 19.6. The molecule has 1 fully saturated rings. The number of piperazine rings is 1. The number of nitrogens with one attached hydrogen (secondary N) is 1. The number of ketones is 1. The van der Waals surface area contributed by atoms with Gasteiger partial charge in [-0.25, -0.2) is 9.97 Å². The van der Waals surface area contributed by atoms with E-state index in [0.29, 0.717) is 35.2 Å². The minimum atomic E-state index is -0.0351. The molecule has 1 aliphatic carbocycles. The Labute approximate surface area is 213 Å². The van der Waals surface area contributed by atoms with Crippen LogP contribution >= 0.6 is 11.6 Å². The summed E-state index contributed by atoms with van der Waals surface area (Å²) in [7, 11) is 0. The van der Waals surface area contributed by atoms with Gasteiger partial charge in [0.15, 0.2) is 5.78 Å². The quantitative estimate of drug-likeness (QED) is 0.405. The lowest BCUT2D eigenvalue weighted by atomic mass is 9.84. The van der Waals surface area contributed by atoms with E-state index in [4.69, 9.17) is 26.0 Å². The first kappa shape index (κ1) is 22.5. The summed E-state index contributed by atoms with van der Waals surface area (Å²) in [6.45, 7) is 3.13. The van der Waals surface area contributed by atoms with Crippen molar-refractivity contribution in [3.8, 4) is 0 Å². The van der Waals surface area contributed by atoms with Crippen molar-refractivity contribution < 1.29 is 9.21 Å². The standard InChI is InChI=1S/C27H25ClN6O2/c28-19-6-8-20(9-7-19)30-26-25-21(16-18(17-22(25)35)23-4-3-15-36-23)31-27(32-26)34-13-11-33(12-14-34)24-5-1-2-10-29-24/h1-10,15,18H,11-14,16-17H2,(H,30,31,32). The average molecular weight is 501 g/mol. The fraction of sp³-hybridized carbons (Fsp3) is 0.259. The Kier molecular flexibility index (Phi) is 6.03. The van der Waals surface area contributed by atoms with Crippen LogP contribution in [0.2, 0.25) is 5.02 Å². The van der Waals surface area contributed by atoms with E-state index < -0.39 is 0 Å². The van der Waals surface area contributed by atoms with Crippen molar-refractivity contribution in [2.75, 3.05) is 41.3 Å². The van der Waals surface area contributed by atoms with Crippen molar-refractivity contribution in [3.63, 3.8) is 0 Å². The van der Waals surface area contributed by atoms with Crippen molar-refractivity contribution in [2.24, 2.45) is 0 Å². The number of carbonyl (C=O) groups is 1. The Morgan fingerprint density at radius 2 is 1.72 bits per heavy atom. The predicted molar refractivity (Wildman–Crippen MR) is 140 cm³/mol. The highest BCUT2D eigenvalue weighted by Crippen LogP contribution is 2.37. The number of rotatable bonds is 5. The highest BCUT2D eigenvalue weighted by atomic mass is 35.5. The zero-order chi connectivity index (χ0) is 24.5. The van der Waals surface area contributed by atoms with Crippen LogP contribution in [0, 0.1) is 0 Å². The molecule has 4 aromatic rings. The maximum atomic E-state index is 13.3. The van der Waals surface area contributed by atoms with Gasteiger partial charge in [0.25, 0.3) is 0 Å². The maximum absolute atomic E-state index is 13.3. The number of Topliss-reactive ketones (excluding diaryl/α,β-unsaturated/α-hetero) is 1. The summed E-state index contributed by atoms with van der Waals surface area (Å²) in [4.78, 5) is 32.0. The van der Waals surface area contributed by atoms with Crippen molar-refractivity contribution in [2.45, 2.75) is 18.8 Å². The lowest BCUT2D eigenvalue weighted by Gasteiger charge is -2.36. The number of pyridine rings is 1. The molecule has 182 valence electrons. The van der Waals surface area contributed by atoms with E-state index >= 15 is 0 Å². The van der Waals surface area contributed by atoms with Gasteiger partial charge in [-0.1, -0.05) is 17.7 Å². The number of anilines is 4. The summed E-state index contributed by atoms with van der Waals surface area (Å²) in [6, 6.07) is 17.1. The Hall–Kier alpha value is -3.91. The van der Waals surface area contributed by atoms with Gasteiger partial charge < -0.3 is 19.5 Å². The van der Waals surface area contributed by atoms with Crippen LogP contribution in [-0.2, 0) is 6.42 Å². The summed E-state index contributed by atoms with van der Waals surface area (Å²) in [6.07, 6.45) is 4.44. The Bertz CT molecular complexity index is 1350. The maximum Gasteiger partial charge on any atom is 0.227 e. The minimum Gasteiger partial charge on any atom is -0.469 e. The molecule has 6 rings (SSSR count). The third-order valence-corrected chi connectivity index (χ3v) is 6.96. The summed E-state index contributed by atoms with van der Waals surface area (Å²) in [5, 5.41) is 4.00. The monoisotopic (exact) mass is 500 g/mol. The lowest BCUT2D eigenvalue weighted by Crippen LogP contribution is -2.47. The van der Waals surface area contributed by atoms with Gasteiger partial charge in [0.05, 0.1) is 17.5 Å². The molecule has 8 nitrogen and oxygen atoms in total. The number of aromatic nitrogens is 3. The molecule has 0 amide bonds. The number of fused-ring (bicyclic) bond motifs is 1. The third-order valence-electron chi connectivity index (χ3n) is 6.71. The van der Waals surface area contributed by atoms with E-state index in [1.807, 2.05) is 60.8 Å². The van der Waals surface area contributed by atoms with Gasteiger partial charge in [-0.15, -0.1) is 0 Å². The van der Waals surface area contributed by atoms with Crippen molar-refractivity contribution in [1.82, 2.24) is 15.0 Å². The molecule has 0 radical (unpaired) electrons. The fourth-order valence-electron chi connectivity index (χ4n) is 4.87. The summed E-state index contributed by atoms with van der Waals surface area (Å²) < 4.78 is 5.63. The van der Waals surface area contributed by atoms with E-state index in [0.717, 1.165) is 49.1 Å². The number of benzene rings is 1. The Morgan fingerprint density at radius 1 is 0.917 bits per heavy atom. The summed E-state index contributed by atoms with van der Waals surface area (Å²) in [5.74, 6) is 2.92. The van der Waals surface area contributed by atoms with Gasteiger partial charge in [0, 0.05) is 61.8 Å². The number of furan rings is 1. The van der Waals surface area contributed by atoms with E-state index in [9.17, 15) is 4.79 Å². The van der Waals surface area contributed by atoms with E-state index in [2.05, 4.69) is 20.1 Å². The smallest absolute Gasteiger partial charge is 0.227 e. The average Bonchev–Trinajstić information content (AvgIpc) is 3.45. The van der Waals surface area contributed by atoms with Crippen molar-refractivity contribution in [1.29, 1.82) is 0 Å². The number of hydrogen-bond donors (Lipinski definition) is 1. The third kappa shape index (κ3) is 4.52. The van der Waals surface area contributed by atoms with Gasteiger partial charge in [-0.3, -0.25) is 4.79 Å². The second-order valence-electron chi connectivity index (χ2n) is 9.03. The molecule has 9 heteroatoms. The minimum absolute atomic E-state index is 0.0145. The molecule has 1 aromatic carbocycles. The molecular weight excluding hydrogens is 476 g/mol. The fourth-order valence-corrected chi connectivity index (χ4v) is 5.00. The zero-order valence-corrected chi connectivity index (χ0v) is 20.4. The van der Waals surface area contributed by atoms with Crippen LogP contribution < -0.4 is 15.1 Å². The molecule has 0 spiro atoms. The van der Waals surface area contributed by atoms with E-state index in [-0.39, 0.29) is 11.7 Å². The number of nitrogens with zero attached hydrogens (tertiary/aromatic N) is 5. The summed E-state index contributed by atoms with van der Waals surface area (Å²) >= 11 is 6.07. The number of carbonyl (C=O) groups excluding carboxylic acids is 1. The second-order valence-corrected chi connectivity index (χ2v) is 9.47. The molecule has 1 unspecified atom stereocenters. The SMILES string of the molecule is O=C1CC(c2ccco2)Cc2nc(N3CCN(c4ccccn4)CC3)nc(Nc3ccc(Cl)cc3)c21. The van der Waals surface area contributed by atoms with Crippen LogP contribution in [0.25, 0.3) is 0 Å². The molecule has 2 aliphatic rings. The molecule has 1 aliphatic heterocycles. The molecule has 3 aromatic heterocycles. The molecule has 1 atom stereocenters. The predicted octanol–water partition coefficient (Wildman–Crippen LogP) is 5.10. The molecule has 0 bridgehead atoms. The van der Waals surface area contributed by atoms with Gasteiger partial charge >= 0.3 is 0 Å². The highest BCUT2D eigenvalue weighted by molar-refractivity contribution is 6.30. The van der Waals surface area contributed by atoms with Crippen LogP contribution in [0.4, 0.5) is 23.3 Å². The van der Waals surface area contributed by atoms with Crippen LogP contribution in [0.15, 0.2) is 71.5 Å². The van der Waals surface area contributed by atoms with Crippen LogP contribution in [0.3, 0.4) is 0 Å².